The second kappa shape index (κ2) is 5.74. The smallest absolute Gasteiger partial charge is 0.224 e. The molecule has 108 valence electrons. The minimum Gasteiger partial charge on any atom is -0.358 e. The van der Waals surface area contributed by atoms with Crippen LogP contribution in [-0.2, 0) is 17.8 Å². The summed E-state index contributed by atoms with van der Waals surface area (Å²) < 4.78 is 0. The van der Waals surface area contributed by atoms with Gasteiger partial charge in [-0.2, -0.15) is 0 Å². The fourth-order valence-corrected chi connectivity index (χ4v) is 3.19. The van der Waals surface area contributed by atoms with Gasteiger partial charge < -0.3 is 10.3 Å². The molecule has 2 aromatic heterocycles. The van der Waals surface area contributed by atoms with Crippen molar-refractivity contribution in [3.8, 4) is 0 Å². The van der Waals surface area contributed by atoms with Crippen molar-refractivity contribution < 1.29 is 4.79 Å². The molecule has 21 heavy (non-hydrogen) atoms. The lowest BCUT2D eigenvalue weighted by Crippen LogP contribution is -2.24. The van der Waals surface area contributed by atoms with Crippen LogP contribution in [0.3, 0.4) is 0 Å². The molecule has 0 spiro atoms. The van der Waals surface area contributed by atoms with E-state index in [1.165, 1.54) is 10.4 Å². The van der Waals surface area contributed by atoms with Gasteiger partial charge in [-0.05, 0) is 43.0 Å². The first kappa shape index (κ1) is 13.9. The normalized spacial score (nSPS) is 11.0. The van der Waals surface area contributed by atoms with E-state index in [0.29, 0.717) is 13.0 Å². The van der Waals surface area contributed by atoms with E-state index in [9.17, 15) is 4.79 Å². The van der Waals surface area contributed by atoms with Gasteiger partial charge in [-0.3, -0.25) is 4.79 Å². The SMILES string of the molecule is Cc1ccc2[nH]c(C)c(CC(=O)NCc3cccs3)c2c1. The minimum atomic E-state index is 0.0638. The lowest BCUT2D eigenvalue weighted by atomic mass is 10.1. The van der Waals surface area contributed by atoms with Gasteiger partial charge in [-0.25, -0.2) is 0 Å². The van der Waals surface area contributed by atoms with Gasteiger partial charge in [0.1, 0.15) is 0 Å². The fraction of sp³-hybridized carbons (Fsp3) is 0.235. The summed E-state index contributed by atoms with van der Waals surface area (Å²) in [7, 11) is 0. The van der Waals surface area contributed by atoms with Gasteiger partial charge in [-0.15, -0.1) is 11.3 Å². The lowest BCUT2D eigenvalue weighted by molar-refractivity contribution is -0.120. The van der Waals surface area contributed by atoms with E-state index in [4.69, 9.17) is 0 Å². The van der Waals surface area contributed by atoms with Crippen molar-refractivity contribution in [1.29, 1.82) is 0 Å². The molecule has 0 atom stereocenters. The Balaban J connectivity index is 1.76. The molecule has 3 rings (SSSR count). The largest absolute Gasteiger partial charge is 0.358 e. The van der Waals surface area contributed by atoms with Gasteiger partial charge in [0.25, 0.3) is 0 Å². The van der Waals surface area contributed by atoms with E-state index in [2.05, 4.69) is 35.4 Å². The standard InChI is InChI=1S/C17H18N2OS/c1-11-5-6-16-15(8-11)14(12(2)19-16)9-17(20)18-10-13-4-3-7-21-13/h3-8,19H,9-10H2,1-2H3,(H,18,20). The number of thiophene rings is 1. The zero-order chi connectivity index (χ0) is 14.8. The number of aryl methyl sites for hydroxylation is 2. The molecule has 0 saturated carbocycles. The van der Waals surface area contributed by atoms with Crippen LogP contribution in [-0.4, -0.2) is 10.9 Å². The van der Waals surface area contributed by atoms with Crippen LogP contribution in [0.4, 0.5) is 0 Å². The first-order valence-corrected chi connectivity index (χ1v) is 7.88. The highest BCUT2D eigenvalue weighted by atomic mass is 32.1. The zero-order valence-corrected chi connectivity index (χ0v) is 13.0. The lowest BCUT2D eigenvalue weighted by Gasteiger charge is -2.04. The molecular weight excluding hydrogens is 280 g/mol. The molecule has 4 heteroatoms. The first-order valence-electron chi connectivity index (χ1n) is 7.00. The molecular formula is C17H18N2OS. The molecule has 0 saturated heterocycles. The highest BCUT2D eigenvalue weighted by molar-refractivity contribution is 7.09. The van der Waals surface area contributed by atoms with Crippen molar-refractivity contribution in [3.05, 3.63) is 57.4 Å². The molecule has 3 nitrogen and oxygen atoms in total. The highest BCUT2D eigenvalue weighted by Gasteiger charge is 2.12. The molecule has 0 fully saturated rings. The van der Waals surface area contributed by atoms with Gasteiger partial charge in [0.05, 0.1) is 13.0 Å². The molecule has 0 aliphatic heterocycles. The second-order valence-electron chi connectivity index (χ2n) is 5.31. The molecule has 1 aromatic carbocycles. The summed E-state index contributed by atoms with van der Waals surface area (Å²) in [4.78, 5) is 16.7. The van der Waals surface area contributed by atoms with Crippen LogP contribution >= 0.6 is 11.3 Å². The Morgan fingerprint density at radius 3 is 2.90 bits per heavy atom. The number of nitrogens with one attached hydrogen (secondary N) is 2. The van der Waals surface area contributed by atoms with Crippen LogP contribution < -0.4 is 5.32 Å². The Bertz CT molecular complexity index is 772. The molecule has 0 aliphatic carbocycles. The van der Waals surface area contributed by atoms with Gasteiger partial charge in [0.2, 0.25) is 5.91 Å². The molecule has 2 N–H and O–H groups in total. The third kappa shape index (κ3) is 3.00. The molecule has 3 aromatic rings. The number of hydrogen-bond donors (Lipinski definition) is 2. The van der Waals surface area contributed by atoms with Crippen LogP contribution in [0.5, 0.6) is 0 Å². The number of hydrogen-bond acceptors (Lipinski definition) is 2. The summed E-state index contributed by atoms with van der Waals surface area (Å²) in [6.07, 6.45) is 0.417. The number of rotatable bonds is 4. The molecule has 0 bridgehead atoms. The molecule has 1 amide bonds. The van der Waals surface area contributed by atoms with Crippen LogP contribution in [0.15, 0.2) is 35.7 Å². The van der Waals surface area contributed by atoms with E-state index >= 15 is 0 Å². The highest BCUT2D eigenvalue weighted by Crippen LogP contribution is 2.23. The van der Waals surface area contributed by atoms with Gasteiger partial charge in [0, 0.05) is 21.5 Å². The third-order valence-corrected chi connectivity index (χ3v) is 4.53. The molecule has 0 unspecified atom stereocenters. The maximum atomic E-state index is 12.2. The van der Waals surface area contributed by atoms with E-state index in [1.807, 2.05) is 24.4 Å². The van der Waals surface area contributed by atoms with E-state index in [0.717, 1.165) is 22.2 Å². The number of carbonyl (C=O) groups is 1. The summed E-state index contributed by atoms with van der Waals surface area (Å²) in [6, 6.07) is 10.3. The van der Waals surface area contributed by atoms with Crippen molar-refractivity contribution in [2.75, 3.05) is 0 Å². The fourth-order valence-electron chi connectivity index (χ4n) is 2.55. The monoisotopic (exact) mass is 298 g/mol. The number of carbonyl (C=O) groups excluding carboxylic acids is 1. The van der Waals surface area contributed by atoms with E-state index in [-0.39, 0.29) is 5.91 Å². The number of H-pyrrole nitrogens is 1. The number of fused-ring (bicyclic) bond motifs is 1. The Kier molecular flexibility index (Phi) is 3.80. The van der Waals surface area contributed by atoms with Crippen LogP contribution in [0.25, 0.3) is 10.9 Å². The number of aromatic nitrogens is 1. The Morgan fingerprint density at radius 2 is 2.14 bits per heavy atom. The van der Waals surface area contributed by atoms with Gasteiger partial charge >= 0.3 is 0 Å². The van der Waals surface area contributed by atoms with Crippen molar-refractivity contribution in [2.24, 2.45) is 0 Å². The summed E-state index contributed by atoms with van der Waals surface area (Å²) in [5, 5.41) is 6.16. The van der Waals surface area contributed by atoms with Crippen molar-refractivity contribution in [3.63, 3.8) is 0 Å². The number of benzene rings is 1. The second-order valence-corrected chi connectivity index (χ2v) is 6.34. The maximum Gasteiger partial charge on any atom is 0.224 e. The zero-order valence-electron chi connectivity index (χ0n) is 12.2. The Morgan fingerprint density at radius 1 is 1.29 bits per heavy atom. The summed E-state index contributed by atoms with van der Waals surface area (Å²) in [5.74, 6) is 0.0638. The van der Waals surface area contributed by atoms with E-state index in [1.54, 1.807) is 11.3 Å². The van der Waals surface area contributed by atoms with Crippen molar-refractivity contribution in [1.82, 2.24) is 10.3 Å². The minimum absolute atomic E-state index is 0.0638. The average Bonchev–Trinajstić information content (AvgIpc) is 3.06. The molecule has 2 heterocycles. The number of aromatic amines is 1. The van der Waals surface area contributed by atoms with Gasteiger partial charge in [-0.1, -0.05) is 17.7 Å². The van der Waals surface area contributed by atoms with E-state index < -0.39 is 0 Å². The van der Waals surface area contributed by atoms with Crippen LogP contribution in [0.2, 0.25) is 0 Å². The van der Waals surface area contributed by atoms with Crippen molar-refractivity contribution >= 4 is 28.1 Å². The molecule has 0 radical (unpaired) electrons. The predicted octanol–water partition coefficient (Wildman–Crippen LogP) is 3.71. The van der Waals surface area contributed by atoms with Crippen LogP contribution in [0, 0.1) is 13.8 Å². The number of amides is 1. The van der Waals surface area contributed by atoms with Crippen molar-refractivity contribution in [2.45, 2.75) is 26.8 Å². The molecule has 0 aliphatic rings. The Labute approximate surface area is 128 Å². The summed E-state index contributed by atoms with van der Waals surface area (Å²) in [6.45, 7) is 4.70. The Hall–Kier alpha value is -2.07. The third-order valence-electron chi connectivity index (χ3n) is 3.65. The summed E-state index contributed by atoms with van der Waals surface area (Å²) >= 11 is 1.66. The first-order chi connectivity index (χ1) is 10.1. The predicted molar refractivity (Wildman–Crippen MR) is 87.6 cm³/mol. The quantitative estimate of drug-likeness (QED) is 0.758. The maximum absolute atomic E-state index is 12.2. The average molecular weight is 298 g/mol. The summed E-state index contributed by atoms with van der Waals surface area (Å²) in [5.41, 5.74) is 4.47. The van der Waals surface area contributed by atoms with Gasteiger partial charge in [0.15, 0.2) is 0 Å². The van der Waals surface area contributed by atoms with Crippen LogP contribution in [0.1, 0.15) is 21.7 Å². The topological polar surface area (TPSA) is 44.9 Å².